The Morgan fingerprint density at radius 2 is 2.00 bits per heavy atom. The summed E-state index contributed by atoms with van der Waals surface area (Å²) in [5, 5.41) is 0. The van der Waals surface area contributed by atoms with E-state index in [0.29, 0.717) is 18.6 Å². The van der Waals surface area contributed by atoms with Gasteiger partial charge in [0.15, 0.2) is 0 Å². The molecule has 0 unspecified atom stereocenters. The molecule has 1 aliphatic rings. The molecule has 2 aromatic rings. The number of rotatable bonds is 1. The van der Waals surface area contributed by atoms with Crippen molar-refractivity contribution in [2.75, 3.05) is 0 Å². The first-order valence-corrected chi connectivity index (χ1v) is 5.50. The summed E-state index contributed by atoms with van der Waals surface area (Å²) in [5.41, 5.74) is 3.55. The molecule has 0 atom stereocenters. The topological polar surface area (TPSA) is 30.2 Å². The van der Waals surface area contributed by atoms with Crippen LogP contribution in [-0.4, -0.2) is 5.78 Å². The van der Waals surface area contributed by atoms with E-state index in [1.807, 2.05) is 24.3 Å². The molecule has 0 radical (unpaired) electrons. The Hall–Kier alpha value is -1.83. The maximum Gasteiger partial charge on any atom is 0.137 e. The normalized spacial score (nSPS) is 14.9. The summed E-state index contributed by atoms with van der Waals surface area (Å²) in [6, 6.07) is 10.1. The van der Waals surface area contributed by atoms with Crippen molar-refractivity contribution < 1.29 is 9.21 Å². The lowest BCUT2D eigenvalue weighted by atomic mass is 9.89. The Bertz CT molecular complexity index is 524. The van der Waals surface area contributed by atoms with Gasteiger partial charge in [-0.05, 0) is 35.7 Å². The molecule has 80 valence electrons. The Morgan fingerprint density at radius 1 is 1.06 bits per heavy atom. The minimum atomic E-state index is 0.346. The first kappa shape index (κ1) is 9.40. The molecule has 1 aliphatic carbocycles. The molecule has 0 saturated heterocycles. The molecular weight excluding hydrogens is 200 g/mol. The molecule has 3 rings (SSSR count). The lowest BCUT2D eigenvalue weighted by Crippen LogP contribution is -2.12. The monoisotopic (exact) mass is 212 g/mol. The summed E-state index contributed by atoms with van der Waals surface area (Å²) < 4.78 is 5.36. The zero-order valence-electron chi connectivity index (χ0n) is 8.90. The Morgan fingerprint density at radius 3 is 2.81 bits per heavy atom. The molecular formula is C14H12O2. The van der Waals surface area contributed by atoms with E-state index in [4.69, 9.17) is 4.42 Å². The number of carbonyl (C=O) groups is 1. The molecule has 1 aromatic heterocycles. The molecule has 2 nitrogen and oxygen atoms in total. The number of carbonyl (C=O) groups excluding carboxylic acids is 1. The fourth-order valence-corrected chi connectivity index (χ4v) is 2.20. The van der Waals surface area contributed by atoms with Crippen molar-refractivity contribution in [3.05, 3.63) is 47.7 Å². The van der Waals surface area contributed by atoms with E-state index in [1.165, 1.54) is 11.1 Å². The van der Waals surface area contributed by atoms with Gasteiger partial charge < -0.3 is 4.42 Å². The predicted molar refractivity (Wildman–Crippen MR) is 61.2 cm³/mol. The lowest BCUT2D eigenvalue weighted by Gasteiger charge is -2.15. The minimum absolute atomic E-state index is 0.346. The molecule has 16 heavy (non-hydrogen) atoms. The number of Topliss-reactive ketones (excluding diaryl/α,β-unsaturated/α-hetero) is 1. The second kappa shape index (κ2) is 3.63. The smallest absolute Gasteiger partial charge is 0.137 e. The molecule has 2 heteroatoms. The molecule has 0 bridgehead atoms. The molecule has 0 spiro atoms. The Labute approximate surface area is 93.9 Å². The van der Waals surface area contributed by atoms with Crippen LogP contribution in [0.3, 0.4) is 0 Å². The van der Waals surface area contributed by atoms with Gasteiger partial charge >= 0.3 is 0 Å². The summed E-state index contributed by atoms with van der Waals surface area (Å²) in [6.07, 6.45) is 3.81. The van der Waals surface area contributed by atoms with E-state index in [1.54, 1.807) is 6.26 Å². The predicted octanol–water partition coefficient (Wildman–Crippen LogP) is 3.00. The van der Waals surface area contributed by atoms with Crippen LogP contribution in [-0.2, 0) is 17.6 Å². The second-order valence-corrected chi connectivity index (χ2v) is 4.18. The third-order valence-corrected chi connectivity index (χ3v) is 3.07. The van der Waals surface area contributed by atoms with Crippen molar-refractivity contribution in [3.8, 4) is 11.3 Å². The van der Waals surface area contributed by atoms with Crippen molar-refractivity contribution in [1.82, 2.24) is 0 Å². The van der Waals surface area contributed by atoms with E-state index in [9.17, 15) is 4.79 Å². The number of hydrogen-bond donors (Lipinski definition) is 0. The zero-order chi connectivity index (χ0) is 11.0. The average molecular weight is 212 g/mol. The van der Waals surface area contributed by atoms with Gasteiger partial charge in [0.2, 0.25) is 0 Å². The van der Waals surface area contributed by atoms with Crippen molar-refractivity contribution in [2.45, 2.75) is 19.3 Å². The van der Waals surface area contributed by atoms with Crippen LogP contribution in [0.25, 0.3) is 11.3 Å². The highest BCUT2D eigenvalue weighted by Gasteiger charge is 2.16. The number of hydrogen-bond acceptors (Lipinski definition) is 2. The van der Waals surface area contributed by atoms with E-state index in [-0.39, 0.29) is 0 Å². The number of ketones is 1. The summed E-state index contributed by atoms with van der Waals surface area (Å²) >= 11 is 0. The first-order valence-electron chi connectivity index (χ1n) is 5.50. The number of aryl methyl sites for hydroxylation is 1. The van der Waals surface area contributed by atoms with E-state index in [0.717, 1.165) is 17.7 Å². The Balaban J connectivity index is 2.03. The van der Waals surface area contributed by atoms with E-state index in [2.05, 4.69) is 6.07 Å². The summed E-state index contributed by atoms with van der Waals surface area (Å²) in [7, 11) is 0. The minimum Gasteiger partial charge on any atom is -0.464 e. The first-order chi connectivity index (χ1) is 7.83. The van der Waals surface area contributed by atoms with Crippen LogP contribution in [0.2, 0.25) is 0 Å². The van der Waals surface area contributed by atoms with Crippen molar-refractivity contribution in [1.29, 1.82) is 0 Å². The zero-order valence-corrected chi connectivity index (χ0v) is 8.90. The van der Waals surface area contributed by atoms with Gasteiger partial charge in [-0.1, -0.05) is 12.1 Å². The largest absolute Gasteiger partial charge is 0.464 e. The fraction of sp³-hybridized carbons (Fsp3) is 0.214. The summed E-state index contributed by atoms with van der Waals surface area (Å²) in [5.74, 6) is 1.23. The van der Waals surface area contributed by atoms with Gasteiger partial charge in [0.25, 0.3) is 0 Å². The lowest BCUT2D eigenvalue weighted by molar-refractivity contribution is -0.118. The van der Waals surface area contributed by atoms with Crippen molar-refractivity contribution >= 4 is 5.78 Å². The second-order valence-electron chi connectivity index (χ2n) is 4.18. The van der Waals surface area contributed by atoms with Gasteiger partial charge in [-0.15, -0.1) is 0 Å². The van der Waals surface area contributed by atoms with Gasteiger partial charge in [-0.3, -0.25) is 4.79 Å². The van der Waals surface area contributed by atoms with Gasteiger partial charge in [0, 0.05) is 18.4 Å². The van der Waals surface area contributed by atoms with Crippen LogP contribution in [0.15, 0.2) is 41.0 Å². The van der Waals surface area contributed by atoms with E-state index < -0.39 is 0 Å². The molecule has 1 heterocycles. The van der Waals surface area contributed by atoms with Crippen LogP contribution in [0, 0.1) is 0 Å². The quantitative estimate of drug-likeness (QED) is 0.727. The number of fused-ring (bicyclic) bond motifs is 1. The fourth-order valence-electron chi connectivity index (χ4n) is 2.20. The molecule has 1 aromatic carbocycles. The van der Waals surface area contributed by atoms with E-state index >= 15 is 0 Å². The molecule has 0 N–H and O–H groups in total. The maximum absolute atomic E-state index is 11.3. The summed E-state index contributed by atoms with van der Waals surface area (Å²) in [4.78, 5) is 11.3. The number of benzene rings is 1. The third-order valence-electron chi connectivity index (χ3n) is 3.07. The summed E-state index contributed by atoms with van der Waals surface area (Å²) in [6.45, 7) is 0. The van der Waals surface area contributed by atoms with Gasteiger partial charge in [-0.2, -0.15) is 0 Å². The molecule has 0 saturated carbocycles. The van der Waals surface area contributed by atoms with Crippen LogP contribution in [0.5, 0.6) is 0 Å². The highest BCUT2D eigenvalue weighted by molar-refractivity contribution is 5.83. The van der Waals surface area contributed by atoms with Gasteiger partial charge in [0.05, 0.1) is 6.26 Å². The van der Waals surface area contributed by atoms with Crippen LogP contribution < -0.4 is 0 Å². The SMILES string of the molecule is O=C1CCc2cc(-c3ccco3)ccc2C1. The van der Waals surface area contributed by atoms with Crippen LogP contribution >= 0.6 is 0 Å². The number of furan rings is 1. The third kappa shape index (κ3) is 1.56. The van der Waals surface area contributed by atoms with Crippen LogP contribution in [0.4, 0.5) is 0 Å². The van der Waals surface area contributed by atoms with Gasteiger partial charge in [0.1, 0.15) is 11.5 Å². The highest BCUT2D eigenvalue weighted by atomic mass is 16.3. The van der Waals surface area contributed by atoms with Crippen molar-refractivity contribution in [2.24, 2.45) is 0 Å². The molecule has 0 aliphatic heterocycles. The standard InChI is InChI=1S/C14H12O2/c15-13-6-5-10-8-12(4-3-11(10)9-13)14-2-1-7-16-14/h1-4,7-8H,5-6,9H2. The molecule has 0 fully saturated rings. The molecule has 0 amide bonds. The maximum atomic E-state index is 11.3. The van der Waals surface area contributed by atoms with Crippen molar-refractivity contribution in [3.63, 3.8) is 0 Å². The average Bonchev–Trinajstić information content (AvgIpc) is 2.82. The van der Waals surface area contributed by atoms with Gasteiger partial charge in [-0.25, -0.2) is 0 Å². The van der Waals surface area contributed by atoms with Crippen LogP contribution in [0.1, 0.15) is 17.5 Å². The Kier molecular flexibility index (Phi) is 2.13. The highest BCUT2D eigenvalue weighted by Crippen LogP contribution is 2.26.